The Balaban J connectivity index is 2.03. The highest BCUT2D eigenvalue weighted by Crippen LogP contribution is 2.35. The summed E-state index contributed by atoms with van der Waals surface area (Å²) >= 11 is 3.49. The highest BCUT2D eigenvalue weighted by atomic mass is 79.9. The van der Waals surface area contributed by atoms with Crippen LogP contribution in [0.15, 0.2) is 27.1 Å². The Labute approximate surface area is 114 Å². The monoisotopic (exact) mass is 309 g/mol. The first-order valence-electron chi connectivity index (χ1n) is 6.18. The molecule has 1 aromatic heterocycles. The van der Waals surface area contributed by atoms with E-state index in [0.29, 0.717) is 5.92 Å². The highest BCUT2D eigenvalue weighted by Gasteiger charge is 2.28. The van der Waals surface area contributed by atoms with Crippen molar-refractivity contribution in [3.63, 3.8) is 0 Å². The van der Waals surface area contributed by atoms with Crippen molar-refractivity contribution in [2.45, 2.75) is 19.4 Å². The minimum atomic E-state index is -0.0707. The summed E-state index contributed by atoms with van der Waals surface area (Å²) in [5, 5.41) is 1.13. The van der Waals surface area contributed by atoms with E-state index in [4.69, 9.17) is 14.9 Å². The molecule has 2 atom stereocenters. The number of nitrogens with two attached hydrogens (primary N) is 1. The van der Waals surface area contributed by atoms with E-state index < -0.39 is 0 Å². The van der Waals surface area contributed by atoms with Crippen LogP contribution in [0.2, 0.25) is 0 Å². The van der Waals surface area contributed by atoms with Gasteiger partial charge in [-0.2, -0.15) is 0 Å². The quantitative estimate of drug-likeness (QED) is 0.923. The fourth-order valence-electron chi connectivity index (χ4n) is 2.58. The summed E-state index contributed by atoms with van der Waals surface area (Å²) in [5.41, 5.74) is 8.36. The van der Waals surface area contributed by atoms with Crippen LogP contribution in [0.3, 0.4) is 0 Å². The van der Waals surface area contributed by atoms with Crippen LogP contribution in [0.4, 0.5) is 0 Å². The SMILES string of the molecule is Cc1c(C(N)C2CCOC2)oc2ccc(Br)cc12. The maximum atomic E-state index is 6.32. The first-order chi connectivity index (χ1) is 8.66. The summed E-state index contributed by atoms with van der Waals surface area (Å²) in [7, 11) is 0. The third kappa shape index (κ3) is 1.98. The molecule has 3 nitrogen and oxygen atoms in total. The maximum Gasteiger partial charge on any atom is 0.134 e. The third-order valence-electron chi connectivity index (χ3n) is 3.71. The molecule has 2 aromatic rings. The van der Waals surface area contributed by atoms with Gasteiger partial charge in [0.2, 0.25) is 0 Å². The van der Waals surface area contributed by atoms with E-state index in [9.17, 15) is 0 Å². The van der Waals surface area contributed by atoms with Gasteiger partial charge >= 0.3 is 0 Å². The van der Waals surface area contributed by atoms with Gasteiger partial charge in [0, 0.05) is 27.9 Å². The Morgan fingerprint density at radius 3 is 3.00 bits per heavy atom. The fraction of sp³-hybridized carbons (Fsp3) is 0.429. The van der Waals surface area contributed by atoms with Crippen LogP contribution in [-0.4, -0.2) is 13.2 Å². The minimum Gasteiger partial charge on any atom is -0.459 e. The maximum absolute atomic E-state index is 6.32. The van der Waals surface area contributed by atoms with Crippen LogP contribution in [-0.2, 0) is 4.74 Å². The average molecular weight is 310 g/mol. The number of benzene rings is 1. The molecule has 0 amide bonds. The number of halogens is 1. The molecule has 2 N–H and O–H groups in total. The van der Waals surface area contributed by atoms with E-state index in [1.807, 2.05) is 12.1 Å². The predicted octanol–water partition coefficient (Wildman–Crippen LogP) is 3.54. The lowest BCUT2D eigenvalue weighted by molar-refractivity contribution is 0.178. The summed E-state index contributed by atoms with van der Waals surface area (Å²) < 4.78 is 12.4. The molecule has 3 rings (SSSR count). The molecule has 96 valence electrons. The fourth-order valence-corrected chi connectivity index (χ4v) is 2.94. The number of ether oxygens (including phenoxy) is 1. The van der Waals surface area contributed by atoms with Gasteiger partial charge in [0.25, 0.3) is 0 Å². The Morgan fingerprint density at radius 2 is 2.28 bits per heavy atom. The Hall–Kier alpha value is -0.840. The predicted molar refractivity (Wildman–Crippen MR) is 74.5 cm³/mol. The molecule has 1 aliphatic rings. The topological polar surface area (TPSA) is 48.4 Å². The molecule has 0 saturated carbocycles. The van der Waals surface area contributed by atoms with Crippen molar-refractivity contribution < 1.29 is 9.15 Å². The molecule has 1 fully saturated rings. The summed E-state index contributed by atoms with van der Waals surface area (Å²) in [4.78, 5) is 0. The zero-order chi connectivity index (χ0) is 12.7. The first kappa shape index (κ1) is 12.2. The van der Waals surface area contributed by atoms with Crippen molar-refractivity contribution >= 4 is 26.9 Å². The molecule has 0 bridgehead atoms. The third-order valence-corrected chi connectivity index (χ3v) is 4.20. The van der Waals surface area contributed by atoms with Gasteiger partial charge in [0.1, 0.15) is 11.3 Å². The zero-order valence-electron chi connectivity index (χ0n) is 10.3. The second-order valence-corrected chi connectivity index (χ2v) is 5.80. The molecule has 2 heterocycles. The van der Waals surface area contributed by atoms with Gasteiger partial charge in [-0.1, -0.05) is 15.9 Å². The number of hydrogen-bond acceptors (Lipinski definition) is 3. The summed E-state index contributed by atoms with van der Waals surface area (Å²) in [6.45, 7) is 3.62. The molecule has 1 aromatic carbocycles. The van der Waals surface area contributed by atoms with Crippen LogP contribution in [0.1, 0.15) is 23.8 Å². The minimum absolute atomic E-state index is 0.0707. The van der Waals surface area contributed by atoms with E-state index in [1.54, 1.807) is 0 Å². The smallest absolute Gasteiger partial charge is 0.134 e. The number of hydrogen-bond donors (Lipinski definition) is 1. The lowest BCUT2D eigenvalue weighted by Gasteiger charge is -2.15. The molecule has 1 saturated heterocycles. The molecule has 0 radical (unpaired) electrons. The van der Waals surface area contributed by atoms with Crippen molar-refractivity contribution in [3.05, 3.63) is 34.0 Å². The molecular formula is C14H16BrNO2. The lowest BCUT2D eigenvalue weighted by atomic mass is 9.95. The van der Waals surface area contributed by atoms with Crippen molar-refractivity contribution in [2.75, 3.05) is 13.2 Å². The Kier molecular flexibility index (Phi) is 3.18. The number of aryl methyl sites for hydroxylation is 1. The van der Waals surface area contributed by atoms with Gasteiger partial charge in [0.15, 0.2) is 0 Å². The molecule has 1 aliphatic heterocycles. The second kappa shape index (κ2) is 4.68. The van der Waals surface area contributed by atoms with E-state index in [2.05, 4.69) is 28.9 Å². The van der Waals surface area contributed by atoms with Gasteiger partial charge in [-0.3, -0.25) is 0 Å². The van der Waals surface area contributed by atoms with Crippen LogP contribution in [0, 0.1) is 12.8 Å². The van der Waals surface area contributed by atoms with Crippen molar-refractivity contribution in [2.24, 2.45) is 11.7 Å². The second-order valence-electron chi connectivity index (χ2n) is 4.88. The van der Waals surface area contributed by atoms with Crippen molar-refractivity contribution in [1.29, 1.82) is 0 Å². The molecular weight excluding hydrogens is 294 g/mol. The summed E-state index contributed by atoms with van der Waals surface area (Å²) in [6, 6.07) is 5.97. The number of fused-ring (bicyclic) bond motifs is 1. The van der Waals surface area contributed by atoms with Gasteiger partial charge in [0.05, 0.1) is 12.6 Å². The molecule has 0 aliphatic carbocycles. The Morgan fingerprint density at radius 1 is 1.44 bits per heavy atom. The largest absolute Gasteiger partial charge is 0.459 e. The van der Waals surface area contributed by atoms with Crippen LogP contribution in [0.5, 0.6) is 0 Å². The molecule has 2 unspecified atom stereocenters. The van der Waals surface area contributed by atoms with Crippen LogP contribution in [0.25, 0.3) is 11.0 Å². The zero-order valence-corrected chi connectivity index (χ0v) is 11.9. The average Bonchev–Trinajstić information content (AvgIpc) is 2.98. The normalized spacial score (nSPS) is 21.6. The van der Waals surface area contributed by atoms with Crippen LogP contribution >= 0.6 is 15.9 Å². The molecule has 0 spiro atoms. The van der Waals surface area contributed by atoms with Crippen molar-refractivity contribution in [3.8, 4) is 0 Å². The lowest BCUT2D eigenvalue weighted by Crippen LogP contribution is -2.21. The van der Waals surface area contributed by atoms with E-state index in [1.165, 1.54) is 0 Å². The first-order valence-corrected chi connectivity index (χ1v) is 6.98. The van der Waals surface area contributed by atoms with Gasteiger partial charge in [-0.25, -0.2) is 0 Å². The summed E-state index contributed by atoms with van der Waals surface area (Å²) in [5.74, 6) is 1.27. The van der Waals surface area contributed by atoms with Gasteiger partial charge < -0.3 is 14.9 Å². The molecule has 18 heavy (non-hydrogen) atoms. The highest BCUT2D eigenvalue weighted by molar-refractivity contribution is 9.10. The van der Waals surface area contributed by atoms with E-state index in [0.717, 1.165) is 46.4 Å². The summed E-state index contributed by atoms with van der Waals surface area (Å²) in [6.07, 6.45) is 1.02. The number of furan rings is 1. The Bertz CT molecular complexity index is 572. The van der Waals surface area contributed by atoms with E-state index in [-0.39, 0.29) is 6.04 Å². The number of rotatable bonds is 2. The van der Waals surface area contributed by atoms with Crippen molar-refractivity contribution in [1.82, 2.24) is 0 Å². The van der Waals surface area contributed by atoms with Gasteiger partial charge in [-0.15, -0.1) is 0 Å². The van der Waals surface area contributed by atoms with E-state index >= 15 is 0 Å². The molecule has 4 heteroatoms. The standard InChI is InChI=1S/C14H16BrNO2/c1-8-11-6-10(15)2-3-12(11)18-14(8)13(16)9-4-5-17-7-9/h2-3,6,9,13H,4-5,7,16H2,1H3. The van der Waals surface area contributed by atoms with Crippen LogP contribution < -0.4 is 5.73 Å². The van der Waals surface area contributed by atoms with Gasteiger partial charge in [-0.05, 0) is 31.5 Å².